The number of rotatable bonds is 4. The zero-order valence-electron chi connectivity index (χ0n) is 12.7. The molecule has 0 fully saturated rings. The Balaban J connectivity index is 2.46. The summed E-state index contributed by atoms with van der Waals surface area (Å²) in [4.78, 5) is 0. The van der Waals surface area contributed by atoms with Crippen molar-refractivity contribution in [2.75, 3.05) is 6.61 Å². The Morgan fingerprint density at radius 2 is 1.60 bits per heavy atom. The molecule has 0 aliphatic rings. The van der Waals surface area contributed by atoms with E-state index < -0.39 is 0 Å². The zero-order valence-corrected chi connectivity index (χ0v) is 12.7. The van der Waals surface area contributed by atoms with Gasteiger partial charge >= 0.3 is 0 Å². The van der Waals surface area contributed by atoms with Gasteiger partial charge in [-0.05, 0) is 56.0 Å². The molecular weight excluding hydrogens is 246 g/mol. The van der Waals surface area contributed by atoms with Gasteiger partial charge in [0.2, 0.25) is 0 Å². The SMILES string of the molecule is CCOc1ccccc1C(N)c1cc(C)c(C)cc1C. The Morgan fingerprint density at radius 3 is 2.30 bits per heavy atom. The number of hydrogen-bond acceptors (Lipinski definition) is 2. The van der Waals surface area contributed by atoms with E-state index in [9.17, 15) is 0 Å². The Labute approximate surface area is 121 Å². The third-order valence-electron chi connectivity index (χ3n) is 3.77. The number of aryl methyl sites for hydroxylation is 3. The van der Waals surface area contributed by atoms with E-state index in [0.29, 0.717) is 6.61 Å². The minimum Gasteiger partial charge on any atom is -0.494 e. The Kier molecular flexibility index (Phi) is 4.46. The van der Waals surface area contributed by atoms with E-state index in [1.807, 2.05) is 31.2 Å². The van der Waals surface area contributed by atoms with Crippen LogP contribution in [0.25, 0.3) is 0 Å². The van der Waals surface area contributed by atoms with Crippen LogP contribution >= 0.6 is 0 Å². The second-order valence-electron chi connectivity index (χ2n) is 5.24. The van der Waals surface area contributed by atoms with Crippen LogP contribution in [0.2, 0.25) is 0 Å². The summed E-state index contributed by atoms with van der Waals surface area (Å²) in [5, 5.41) is 0. The van der Waals surface area contributed by atoms with Gasteiger partial charge in [-0.1, -0.05) is 30.3 Å². The van der Waals surface area contributed by atoms with Crippen LogP contribution < -0.4 is 10.5 Å². The van der Waals surface area contributed by atoms with Gasteiger partial charge in [0.1, 0.15) is 5.75 Å². The van der Waals surface area contributed by atoms with Crippen molar-refractivity contribution in [3.63, 3.8) is 0 Å². The Morgan fingerprint density at radius 1 is 0.950 bits per heavy atom. The van der Waals surface area contributed by atoms with Crippen molar-refractivity contribution in [1.29, 1.82) is 0 Å². The van der Waals surface area contributed by atoms with Crippen LogP contribution in [0.4, 0.5) is 0 Å². The average Bonchev–Trinajstić information content (AvgIpc) is 2.43. The summed E-state index contributed by atoms with van der Waals surface area (Å²) in [6.45, 7) is 9.01. The highest BCUT2D eigenvalue weighted by molar-refractivity contribution is 5.46. The van der Waals surface area contributed by atoms with Crippen LogP contribution in [0.15, 0.2) is 36.4 Å². The maximum absolute atomic E-state index is 6.49. The first kappa shape index (κ1) is 14.6. The average molecular weight is 269 g/mol. The minimum absolute atomic E-state index is 0.156. The summed E-state index contributed by atoms with van der Waals surface area (Å²) in [5.74, 6) is 0.875. The van der Waals surface area contributed by atoms with Crippen molar-refractivity contribution < 1.29 is 4.74 Å². The van der Waals surface area contributed by atoms with E-state index in [2.05, 4.69) is 32.9 Å². The Bertz CT molecular complexity index is 604. The maximum atomic E-state index is 6.49. The van der Waals surface area contributed by atoms with Gasteiger partial charge in [0.25, 0.3) is 0 Å². The molecule has 0 heterocycles. The second-order valence-corrected chi connectivity index (χ2v) is 5.24. The fourth-order valence-corrected chi connectivity index (χ4v) is 2.51. The van der Waals surface area contributed by atoms with E-state index in [4.69, 9.17) is 10.5 Å². The van der Waals surface area contributed by atoms with Gasteiger partial charge < -0.3 is 10.5 Å². The highest BCUT2D eigenvalue weighted by Crippen LogP contribution is 2.31. The summed E-state index contributed by atoms with van der Waals surface area (Å²) in [6.07, 6.45) is 0. The first-order valence-corrected chi connectivity index (χ1v) is 7.09. The predicted molar refractivity (Wildman–Crippen MR) is 84.3 cm³/mol. The number of para-hydroxylation sites is 1. The fraction of sp³-hybridized carbons (Fsp3) is 0.333. The second kappa shape index (κ2) is 6.10. The van der Waals surface area contributed by atoms with Crippen molar-refractivity contribution in [3.05, 3.63) is 64.2 Å². The quantitative estimate of drug-likeness (QED) is 0.908. The van der Waals surface area contributed by atoms with Crippen LogP contribution in [0.5, 0.6) is 5.75 Å². The molecule has 106 valence electrons. The van der Waals surface area contributed by atoms with E-state index in [1.54, 1.807) is 0 Å². The van der Waals surface area contributed by atoms with Crippen molar-refractivity contribution in [2.45, 2.75) is 33.7 Å². The molecule has 2 rings (SSSR count). The molecule has 0 aliphatic carbocycles. The van der Waals surface area contributed by atoms with E-state index in [0.717, 1.165) is 11.3 Å². The summed E-state index contributed by atoms with van der Waals surface area (Å²) < 4.78 is 5.69. The van der Waals surface area contributed by atoms with E-state index in [1.165, 1.54) is 22.3 Å². The molecule has 0 amide bonds. The van der Waals surface area contributed by atoms with Gasteiger partial charge in [-0.2, -0.15) is 0 Å². The molecule has 0 spiro atoms. The number of nitrogens with two attached hydrogens (primary N) is 1. The van der Waals surface area contributed by atoms with Crippen LogP contribution in [-0.4, -0.2) is 6.61 Å². The lowest BCUT2D eigenvalue weighted by Crippen LogP contribution is -2.15. The molecule has 2 heteroatoms. The minimum atomic E-state index is -0.156. The van der Waals surface area contributed by atoms with Crippen LogP contribution in [-0.2, 0) is 0 Å². The lowest BCUT2D eigenvalue weighted by molar-refractivity contribution is 0.335. The highest BCUT2D eigenvalue weighted by Gasteiger charge is 2.16. The van der Waals surface area contributed by atoms with Gasteiger partial charge in [0, 0.05) is 5.56 Å². The molecule has 0 saturated carbocycles. The monoisotopic (exact) mass is 269 g/mol. The van der Waals surface area contributed by atoms with Crippen molar-refractivity contribution in [3.8, 4) is 5.75 Å². The van der Waals surface area contributed by atoms with Crippen molar-refractivity contribution >= 4 is 0 Å². The molecule has 2 N–H and O–H groups in total. The molecule has 0 bridgehead atoms. The lowest BCUT2D eigenvalue weighted by Gasteiger charge is -2.20. The van der Waals surface area contributed by atoms with Gasteiger partial charge in [-0.15, -0.1) is 0 Å². The first-order valence-electron chi connectivity index (χ1n) is 7.09. The summed E-state index contributed by atoms with van der Waals surface area (Å²) in [7, 11) is 0. The molecule has 0 aromatic heterocycles. The fourth-order valence-electron chi connectivity index (χ4n) is 2.51. The van der Waals surface area contributed by atoms with Gasteiger partial charge in [0.15, 0.2) is 0 Å². The first-order chi connectivity index (χ1) is 9.54. The third-order valence-corrected chi connectivity index (χ3v) is 3.77. The smallest absolute Gasteiger partial charge is 0.124 e. The van der Waals surface area contributed by atoms with Crippen LogP contribution in [0.1, 0.15) is 40.8 Å². The molecule has 2 aromatic rings. The molecule has 0 radical (unpaired) electrons. The lowest BCUT2D eigenvalue weighted by atomic mass is 9.92. The van der Waals surface area contributed by atoms with Gasteiger partial charge in [-0.25, -0.2) is 0 Å². The van der Waals surface area contributed by atoms with Crippen LogP contribution in [0, 0.1) is 20.8 Å². The highest BCUT2D eigenvalue weighted by atomic mass is 16.5. The number of ether oxygens (including phenoxy) is 1. The Hall–Kier alpha value is -1.80. The van der Waals surface area contributed by atoms with Gasteiger partial charge in [0.05, 0.1) is 12.6 Å². The molecule has 2 aromatic carbocycles. The largest absolute Gasteiger partial charge is 0.494 e. The molecule has 1 unspecified atom stereocenters. The molecule has 1 atom stereocenters. The topological polar surface area (TPSA) is 35.2 Å². The normalized spacial score (nSPS) is 12.2. The van der Waals surface area contributed by atoms with Crippen molar-refractivity contribution in [1.82, 2.24) is 0 Å². The summed E-state index contributed by atoms with van der Waals surface area (Å²) in [6, 6.07) is 12.3. The number of benzene rings is 2. The van der Waals surface area contributed by atoms with Crippen LogP contribution in [0.3, 0.4) is 0 Å². The molecule has 0 aliphatic heterocycles. The molecule has 20 heavy (non-hydrogen) atoms. The standard InChI is InChI=1S/C18H23NO/c1-5-20-17-9-7-6-8-15(17)18(19)16-11-13(3)12(2)10-14(16)4/h6-11,18H,5,19H2,1-4H3. The summed E-state index contributed by atoms with van der Waals surface area (Å²) >= 11 is 0. The summed E-state index contributed by atoms with van der Waals surface area (Å²) in [5.41, 5.74) is 12.5. The van der Waals surface area contributed by atoms with Crippen molar-refractivity contribution in [2.24, 2.45) is 5.73 Å². The van der Waals surface area contributed by atoms with Gasteiger partial charge in [-0.3, -0.25) is 0 Å². The number of hydrogen-bond donors (Lipinski definition) is 1. The molecule has 0 saturated heterocycles. The third kappa shape index (κ3) is 2.86. The molecular formula is C18H23NO. The van der Waals surface area contributed by atoms with E-state index in [-0.39, 0.29) is 6.04 Å². The maximum Gasteiger partial charge on any atom is 0.124 e. The molecule has 2 nitrogen and oxygen atoms in total. The zero-order chi connectivity index (χ0) is 14.7. The van der Waals surface area contributed by atoms with E-state index >= 15 is 0 Å². The predicted octanol–water partition coefficient (Wildman–Crippen LogP) is 4.06.